The first-order chi connectivity index (χ1) is 19.4. The Kier molecular flexibility index (Phi) is 10.1. The van der Waals surface area contributed by atoms with E-state index in [0.29, 0.717) is 30.4 Å². The zero-order valence-electron chi connectivity index (χ0n) is 23.9. The molecule has 40 heavy (non-hydrogen) atoms. The topological polar surface area (TPSA) is 93.7 Å². The molecule has 0 saturated heterocycles. The fraction of sp³-hybridized carbons (Fsp3) is 0.438. The highest BCUT2D eigenvalue weighted by atomic mass is 16.5. The smallest absolute Gasteiger partial charge is 0.275 e. The van der Waals surface area contributed by atoms with Gasteiger partial charge in [-0.3, -0.25) is 14.6 Å². The minimum absolute atomic E-state index is 0.109. The second-order valence-electron chi connectivity index (χ2n) is 10.6. The molecule has 1 fully saturated rings. The Morgan fingerprint density at radius 1 is 0.950 bits per heavy atom. The molecule has 0 spiro atoms. The fourth-order valence-electron chi connectivity index (χ4n) is 5.25. The van der Waals surface area contributed by atoms with Crippen LogP contribution in [0, 0.1) is 0 Å². The van der Waals surface area contributed by atoms with Gasteiger partial charge in [0, 0.05) is 25.0 Å². The molecule has 1 aliphatic rings. The van der Waals surface area contributed by atoms with E-state index < -0.39 is 6.04 Å². The molecular formula is C32H40N4O4. The minimum Gasteiger partial charge on any atom is -0.493 e. The number of carbonyl (C=O) groups is 2. The lowest BCUT2D eigenvalue weighted by molar-refractivity contribution is -0.126. The van der Waals surface area contributed by atoms with Gasteiger partial charge >= 0.3 is 0 Å². The molecule has 1 heterocycles. The summed E-state index contributed by atoms with van der Waals surface area (Å²) in [6.45, 7) is 4.56. The highest BCUT2D eigenvalue weighted by Gasteiger charge is 2.34. The van der Waals surface area contributed by atoms with Crippen LogP contribution in [-0.4, -0.2) is 53.5 Å². The van der Waals surface area contributed by atoms with Gasteiger partial charge in [0.05, 0.1) is 20.4 Å². The minimum atomic E-state index is -0.821. The van der Waals surface area contributed by atoms with E-state index in [2.05, 4.69) is 29.1 Å². The van der Waals surface area contributed by atoms with E-state index in [9.17, 15) is 9.59 Å². The second-order valence-corrected chi connectivity index (χ2v) is 10.6. The number of hydrogen-bond donors (Lipinski definition) is 1. The van der Waals surface area contributed by atoms with Crippen LogP contribution in [0.5, 0.6) is 11.5 Å². The van der Waals surface area contributed by atoms with E-state index in [0.717, 1.165) is 36.8 Å². The van der Waals surface area contributed by atoms with E-state index in [-0.39, 0.29) is 23.6 Å². The molecule has 0 bridgehead atoms. The van der Waals surface area contributed by atoms with Crippen molar-refractivity contribution in [2.45, 2.75) is 70.4 Å². The van der Waals surface area contributed by atoms with E-state index >= 15 is 0 Å². The van der Waals surface area contributed by atoms with Crippen LogP contribution in [-0.2, 0) is 11.2 Å². The molecule has 3 aromatic rings. The summed E-state index contributed by atoms with van der Waals surface area (Å²) in [5, 5.41) is 3.27. The summed E-state index contributed by atoms with van der Waals surface area (Å²) in [7, 11) is 3.19. The molecule has 8 nitrogen and oxygen atoms in total. The Hall–Kier alpha value is -3.94. The van der Waals surface area contributed by atoms with Crippen molar-refractivity contribution in [3.05, 3.63) is 83.4 Å². The predicted octanol–water partition coefficient (Wildman–Crippen LogP) is 5.49. The molecule has 2 amide bonds. The molecule has 4 rings (SSSR count). The normalized spacial score (nSPS) is 14.4. The third kappa shape index (κ3) is 7.17. The first-order valence-corrected chi connectivity index (χ1v) is 14.1. The summed E-state index contributed by atoms with van der Waals surface area (Å²) in [5.41, 5.74) is 3.09. The van der Waals surface area contributed by atoms with Crippen LogP contribution in [0.3, 0.4) is 0 Å². The lowest BCUT2D eigenvalue weighted by Crippen LogP contribution is -2.47. The Morgan fingerprint density at radius 3 is 2.27 bits per heavy atom. The van der Waals surface area contributed by atoms with Crippen molar-refractivity contribution < 1.29 is 19.1 Å². The Balaban J connectivity index is 1.71. The monoisotopic (exact) mass is 544 g/mol. The van der Waals surface area contributed by atoms with Crippen molar-refractivity contribution in [3.63, 3.8) is 0 Å². The second kappa shape index (κ2) is 13.9. The van der Waals surface area contributed by atoms with Gasteiger partial charge in [-0.15, -0.1) is 0 Å². The maximum atomic E-state index is 14.0. The molecule has 1 aromatic heterocycles. The molecule has 8 heteroatoms. The Morgan fingerprint density at radius 2 is 1.65 bits per heavy atom. The maximum absolute atomic E-state index is 14.0. The highest BCUT2D eigenvalue weighted by Crippen LogP contribution is 2.30. The zero-order chi connectivity index (χ0) is 28.5. The largest absolute Gasteiger partial charge is 0.493 e. The standard InChI is InChI=1S/C32H40N4O4/c1-22(2)24-11-13-25(14-12-24)30(31(37)35-26-8-6-5-7-9-26)36(32(38)27-21-33-17-18-34-27)19-16-23-10-15-28(39-3)29(20-23)40-4/h10-15,17-18,20-22,26,30H,5-9,16,19H2,1-4H3,(H,35,37)/t30-/m1/s1. The average molecular weight is 545 g/mol. The van der Waals surface area contributed by atoms with Gasteiger partial charge in [-0.25, -0.2) is 4.98 Å². The van der Waals surface area contributed by atoms with Crippen LogP contribution in [0.1, 0.15) is 85.1 Å². The van der Waals surface area contributed by atoms with E-state index in [1.807, 2.05) is 42.5 Å². The van der Waals surface area contributed by atoms with Crippen LogP contribution in [0.15, 0.2) is 61.1 Å². The Bertz CT molecular complexity index is 1260. The van der Waals surface area contributed by atoms with Crippen molar-refractivity contribution >= 4 is 11.8 Å². The average Bonchev–Trinajstić information content (AvgIpc) is 2.99. The lowest BCUT2D eigenvalue weighted by Gasteiger charge is -2.33. The molecule has 0 aliphatic heterocycles. The van der Waals surface area contributed by atoms with Crippen molar-refractivity contribution in [3.8, 4) is 11.5 Å². The summed E-state index contributed by atoms with van der Waals surface area (Å²) < 4.78 is 10.9. The SMILES string of the molecule is COc1ccc(CCN(C(=O)c2cnccn2)[C@@H](C(=O)NC2CCCCC2)c2ccc(C(C)C)cc2)cc1OC. The van der Waals surface area contributed by atoms with Gasteiger partial charge in [-0.05, 0) is 54.0 Å². The molecule has 1 aliphatic carbocycles. The number of nitrogens with zero attached hydrogens (tertiary/aromatic N) is 3. The number of hydrogen-bond acceptors (Lipinski definition) is 6. The summed E-state index contributed by atoms with van der Waals surface area (Å²) in [6.07, 6.45) is 10.3. The van der Waals surface area contributed by atoms with Crippen molar-refractivity contribution in [1.82, 2.24) is 20.2 Å². The highest BCUT2D eigenvalue weighted by molar-refractivity contribution is 5.96. The van der Waals surface area contributed by atoms with Crippen molar-refractivity contribution in [2.24, 2.45) is 0 Å². The van der Waals surface area contributed by atoms with Crippen LogP contribution in [0.4, 0.5) is 0 Å². The van der Waals surface area contributed by atoms with Crippen LogP contribution in [0.25, 0.3) is 0 Å². The van der Waals surface area contributed by atoms with Gasteiger partial charge < -0.3 is 19.7 Å². The van der Waals surface area contributed by atoms with Crippen LogP contribution in [0.2, 0.25) is 0 Å². The number of amides is 2. The summed E-state index contributed by atoms with van der Waals surface area (Å²) in [5.74, 6) is 1.08. The molecule has 1 N–H and O–H groups in total. The number of ether oxygens (including phenoxy) is 2. The number of benzene rings is 2. The van der Waals surface area contributed by atoms with Gasteiger partial charge in [0.15, 0.2) is 11.5 Å². The van der Waals surface area contributed by atoms with Gasteiger partial charge in [-0.1, -0.05) is 63.4 Å². The first-order valence-electron chi connectivity index (χ1n) is 14.1. The molecule has 0 radical (unpaired) electrons. The quantitative estimate of drug-likeness (QED) is 0.343. The van der Waals surface area contributed by atoms with Crippen molar-refractivity contribution in [1.29, 1.82) is 0 Å². The molecule has 2 aromatic carbocycles. The molecular weight excluding hydrogens is 504 g/mol. The van der Waals surface area contributed by atoms with Gasteiger partial charge in [0.25, 0.3) is 5.91 Å². The van der Waals surface area contributed by atoms with Gasteiger partial charge in [0.2, 0.25) is 5.91 Å². The Labute approximate surface area is 237 Å². The predicted molar refractivity (Wildman–Crippen MR) is 155 cm³/mol. The number of aromatic nitrogens is 2. The number of rotatable bonds is 11. The van der Waals surface area contributed by atoms with Gasteiger partial charge in [0.1, 0.15) is 11.7 Å². The third-order valence-corrected chi connectivity index (χ3v) is 7.56. The van der Waals surface area contributed by atoms with E-state index in [1.165, 1.54) is 30.6 Å². The first kappa shape index (κ1) is 29.1. The zero-order valence-corrected chi connectivity index (χ0v) is 23.9. The van der Waals surface area contributed by atoms with Crippen molar-refractivity contribution in [2.75, 3.05) is 20.8 Å². The molecule has 1 atom stereocenters. The lowest BCUT2D eigenvalue weighted by atomic mass is 9.94. The summed E-state index contributed by atoms with van der Waals surface area (Å²) in [6, 6.07) is 13.0. The number of methoxy groups -OCH3 is 2. The van der Waals surface area contributed by atoms with Crippen LogP contribution >= 0.6 is 0 Å². The molecule has 0 unspecified atom stereocenters. The molecule has 212 valence electrons. The molecule has 1 saturated carbocycles. The van der Waals surface area contributed by atoms with E-state index in [1.54, 1.807) is 19.1 Å². The number of carbonyl (C=O) groups excluding carboxylic acids is 2. The third-order valence-electron chi connectivity index (χ3n) is 7.56. The fourth-order valence-corrected chi connectivity index (χ4v) is 5.25. The van der Waals surface area contributed by atoms with E-state index in [4.69, 9.17) is 9.47 Å². The van der Waals surface area contributed by atoms with Gasteiger partial charge in [-0.2, -0.15) is 0 Å². The summed E-state index contributed by atoms with van der Waals surface area (Å²) >= 11 is 0. The maximum Gasteiger partial charge on any atom is 0.275 e. The van der Waals surface area contributed by atoms with Crippen LogP contribution < -0.4 is 14.8 Å². The summed E-state index contributed by atoms with van der Waals surface area (Å²) in [4.78, 5) is 38.0. The number of nitrogens with one attached hydrogen (secondary N) is 1.